The third-order valence-electron chi connectivity index (χ3n) is 2.42. The average Bonchev–Trinajstić information content (AvgIpc) is 2.15. The molecule has 1 rings (SSSR count). The van der Waals surface area contributed by atoms with Crippen LogP contribution in [0.5, 0.6) is 0 Å². The number of carbonyl (C=O) groups excluding carboxylic acids is 2. The molecule has 0 radical (unpaired) electrons. The van der Waals surface area contributed by atoms with Crippen molar-refractivity contribution >= 4 is 11.8 Å². The molecule has 13 heavy (non-hydrogen) atoms. The van der Waals surface area contributed by atoms with Crippen molar-refractivity contribution in [3.63, 3.8) is 0 Å². The minimum Gasteiger partial charge on any atom is -0.466 e. The molecule has 0 aliphatic heterocycles. The number of esters is 1. The predicted molar refractivity (Wildman–Crippen MR) is 48.1 cm³/mol. The van der Waals surface area contributed by atoms with Gasteiger partial charge in [-0.25, -0.2) is 4.79 Å². The summed E-state index contributed by atoms with van der Waals surface area (Å²) >= 11 is 0. The van der Waals surface area contributed by atoms with E-state index in [4.69, 9.17) is 0 Å². The van der Waals surface area contributed by atoms with Gasteiger partial charge in [0.2, 0.25) is 0 Å². The Hall–Kier alpha value is -1.12. The summed E-state index contributed by atoms with van der Waals surface area (Å²) in [6.07, 6.45) is 2.83. The molecule has 0 bridgehead atoms. The van der Waals surface area contributed by atoms with E-state index in [-0.39, 0.29) is 17.7 Å². The normalized spacial score (nSPS) is 22.5. The molecule has 0 aromatic carbocycles. The van der Waals surface area contributed by atoms with Crippen molar-refractivity contribution < 1.29 is 14.3 Å². The first-order valence-electron chi connectivity index (χ1n) is 4.44. The lowest BCUT2D eigenvalue weighted by atomic mass is 9.84. The second-order valence-electron chi connectivity index (χ2n) is 3.35. The van der Waals surface area contributed by atoms with Crippen LogP contribution in [0.4, 0.5) is 0 Å². The van der Waals surface area contributed by atoms with Crippen molar-refractivity contribution in [3.05, 3.63) is 12.2 Å². The number of carbonyl (C=O) groups is 2. The highest BCUT2D eigenvalue weighted by molar-refractivity contribution is 5.90. The fourth-order valence-corrected chi connectivity index (χ4v) is 1.62. The zero-order valence-electron chi connectivity index (χ0n) is 7.84. The van der Waals surface area contributed by atoms with Crippen molar-refractivity contribution in [1.82, 2.24) is 0 Å². The van der Waals surface area contributed by atoms with E-state index in [1.54, 1.807) is 0 Å². The average molecular weight is 182 g/mol. The minimum atomic E-state index is -0.389. The Labute approximate surface area is 77.8 Å². The quantitative estimate of drug-likeness (QED) is 0.480. The Bertz CT molecular complexity index is 243. The summed E-state index contributed by atoms with van der Waals surface area (Å²) in [5.74, 6) is -0.158. The van der Waals surface area contributed by atoms with Crippen LogP contribution in [0.2, 0.25) is 0 Å². The second kappa shape index (κ2) is 4.21. The van der Waals surface area contributed by atoms with Gasteiger partial charge in [-0.15, -0.1) is 0 Å². The van der Waals surface area contributed by atoms with Gasteiger partial charge >= 0.3 is 5.97 Å². The Morgan fingerprint density at radius 3 is 2.85 bits per heavy atom. The molecule has 0 saturated heterocycles. The zero-order valence-corrected chi connectivity index (χ0v) is 7.84. The van der Waals surface area contributed by atoms with Crippen LogP contribution in [0.1, 0.15) is 25.7 Å². The number of Topliss-reactive ketones (excluding diaryl/α,β-unsaturated/α-hetero) is 1. The van der Waals surface area contributed by atoms with Crippen molar-refractivity contribution in [1.29, 1.82) is 0 Å². The maximum Gasteiger partial charge on any atom is 0.333 e. The molecule has 3 nitrogen and oxygen atoms in total. The SMILES string of the molecule is C=C(C(=O)OC)C1CCCC(=O)C1. The Balaban J connectivity index is 2.56. The third-order valence-corrected chi connectivity index (χ3v) is 2.42. The molecule has 1 aliphatic carbocycles. The molecule has 72 valence electrons. The molecule has 1 fully saturated rings. The van der Waals surface area contributed by atoms with Gasteiger partial charge in [0.15, 0.2) is 0 Å². The predicted octanol–water partition coefficient (Wildman–Crippen LogP) is 1.47. The summed E-state index contributed by atoms with van der Waals surface area (Å²) in [4.78, 5) is 22.2. The molecule has 1 aliphatic rings. The van der Waals surface area contributed by atoms with Crippen molar-refractivity contribution in [2.75, 3.05) is 7.11 Å². The summed E-state index contributed by atoms with van der Waals surface area (Å²) in [6.45, 7) is 3.66. The molecule has 0 amide bonds. The van der Waals surface area contributed by atoms with Crippen LogP contribution in [0.3, 0.4) is 0 Å². The first kappa shape index (κ1) is 9.96. The maximum atomic E-state index is 11.1. The smallest absolute Gasteiger partial charge is 0.333 e. The van der Waals surface area contributed by atoms with E-state index >= 15 is 0 Å². The van der Waals surface area contributed by atoms with Gasteiger partial charge in [-0.05, 0) is 18.8 Å². The zero-order chi connectivity index (χ0) is 9.84. The van der Waals surface area contributed by atoms with Gasteiger partial charge < -0.3 is 4.74 Å². The highest BCUT2D eigenvalue weighted by atomic mass is 16.5. The van der Waals surface area contributed by atoms with Gasteiger partial charge in [0.25, 0.3) is 0 Å². The number of hydrogen-bond acceptors (Lipinski definition) is 3. The number of ether oxygens (including phenoxy) is 1. The highest BCUT2D eigenvalue weighted by Crippen LogP contribution is 2.27. The second-order valence-corrected chi connectivity index (χ2v) is 3.35. The van der Waals surface area contributed by atoms with Gasteiger partial charge in [-0.3, -0.25) is 4.79 Å². The van der Waals surface area contributed by atoms with Gasteiger partial charge in [0.1, 0.15) is 5.78 Å². The Kier molecular flexibility index (Phi) is 3.23. The summed E-state index contributed by atoms with van der Waals surface area (Å²) < 4.78 is 4.55. The molecule has 0 spiro atoms. The summed E-state index contributed by atoms with van der Waals surface area (Å²) in [5.41, 5.74) is 0.440. The molecule has 3 heteroatoms. The third kappa shape index (κ3) is 2.41. The van der Waals surface area contributed by atoms with Crippen LogP contribution in [-0.2, 0) is 14.3 Å². The summed E-state index contributed by atoms with van der Waals surface area (Å²) in [5, 5.41) is 0. The summed E-state index contributed by atoms with van der Waals surface area (Å²) in [6, 6.07) is 0. The van der Waals surface area contributed by atoms with Crippen LogP contribution in [0, 0.1) is 5.92 Å². The fraction of sp³-hybridized carbons (Fsp3) is 0.600. The van der Waals surface area contributed by atoms with E-state index in [0.717, 1.165) is 12.8 Å². The maximum absolute atomic E-state index is 11.1. The van der Waals surface area contributed by atoms with Gasteiger partial charge in [-0.1, -0.05) is 6.58 Å². The molecule has 0 aromatic heterocycles. The number of hydrogen-bond donors (Lipinski definition) is 0. The lowest BCUT2D eigenvalue weighted by Crippen LogP contribution is -2.21. The first-order chi connectivity index (χ1) is 6.15. The lowest BCUT2D eigenvalue weighted by Gasteiger charge is -2.21. The molecular formula is C10H14O3. The molecule has 1 unspecified atom stereocenters. The molecule has 1 atom stereocenters. The van der Waals surface area contributed by atoms with Crippen LogP contribution in [0.25, 0.3) is 0 Å². The van der Waals surface area contributed by atoms with E-state index in [0.29, 0.717) is 18.4 Å². The van der Waals surface area contributed by atoms with Crippen LogP contribution < -0.4 is 0 Å². The van der Waals surface area contributed by atoms with Crippen molar-refractivity contribution in [2.24, 2.45) is 5.92 Å². The van der Waals surface area contributed by atoms with E-state index in [9.17, 15) is 9.59 Å². The number of methoxy groups -OCH3 is 1. The van der Waals surface area contributed by atoms with Crippen LogP contribution in [0.15, 0.2) is 12.2 Å². The monoisotopic (exact) mass is 182 g/mol. The largest absolute Gasteiger partial charge is 0.466 e. The van der Waals surface area contributed by atoms with Crippen LogP contribution in [-0.4, -0.2) is 18.9 Å². The van der Waals surface area contributed by atoms with E-state index in [2.05, 4.69) is 11.3 Å². The van der Waals surface area contributed by atoms with Crippen molar-refractivity contribution in [3.8, 4) is 0 Å². The van der Waals surface area contributed by atoms with Crippen LogP contribution >= 0.6 is 0 Å². The minimum absolute atomic E-state index is 0.00806. The van der Waals surface area contributed by atoms with Gasteiger partial charge in [0.05, 0.1) is 7.11 Å². The molecular weight excluding hydrogens is 168 g/mol. The molecule has 0 heterocycles. The Morgan fingerprint density at radius 2 is 2.31 bits per heavy atom. The number of rotatable bonds is 2. The van der Waals surface area contributed by atoms with E-state index in [1.807, 2.05) is 0 Å². The van der Waals surface area contributed by atoms with Crippen molar-refractivity contribution in [2.45, 2.75) is 25.7 Å². The molecule has 0 N–H and O–H groups in total. The van der Waals surface area contributed by atoms with E-state index < -0.39 is 0 Å². The summed E-state index contributed by atoms with van der Waals surface area (Å²) in [7, 11) is 1.33. The molecule has 1 saturated carbocycles. The first-order valence-corrected chi connectivity index (χ1v) is 4.44. The van der Waals surface area contributed by atoms with Gasteiger partial charge in [-0.2, -0.15) is 0 Å². The Morgan fingerprint density at radius 1 is 1.62 bits per heavy atom. The van der Waals surface area contributed by atoms with E-state index in [1.165, 1.54) is 7.11 Å². The standard InChI is InChI=1S/C10H14O3/c1-7(10(12)13-2)8-4-3-5-9(11)6-8/h8H,1,3-6H2,2H3. The lowest BCUT2D eigenvalue weighted by molar-refractivity contribution is -0.136. The fourth-order valence-electron chi connectivity index (χ4n) is 1.62. The topological polar surface area (TPSA) is 43.4 Å². The highest BCUT2D eigenvalue weighted by Gasteiger charge is 2.25. The molecule has 0 aromatic rings. The van der Waals surface area contributed by atoms with Gasteiger partial charge in [0, 0.05) is 18.4 Å². The number of ketones is 1.